The molecule has 6 aromatic carbocycles. The van der Waals surface area contributed by atoms with E-state index in [1.165, 1.54) is 36.4 Å². The third-order valence-electron chi connectivity index (χ3n) is 8.11. The zero-order valence-corrected chi connectivity index (χ0v) is 47.9. The normalized spacial score (nSPS) is 11.9. The van der Waals surface area contributed by atoms with Crippen molar-refractivity contribution in [2.75, 3.05) is 34.4 Å². The maximum absolute atomic E-state index is 11.2. The molecular formula is C30H24FeK3N6O18S6. The van der Waals surface area contributed by atoms with Gasteiger partial charge in [-0.15, -0.1) is 0 Å². The number of anilines is 6. The fourth-order valence-corrected chi connectivity index (χ4v) is 9.25. The van der Waals surface area contributed by atoms with Crippen LogP contribution in [0.2, 0.25) is 0 Å². The van der Waals surface area contributed by atoms with Gasteiger partial charge in [0.1, 0.15) is 60.7 Å². The smallest absolute Gasteiger partial charge is 0.744 e. The number of nitrogens with two attached hydrogens (primary N) is 6. The van der Waals surface area contributed by atoms with Crippen LogP contribution < -0.4 is 189 Å². The minimum Gasteiger partial charge on any atom is -0.744 e. The van der Waals surface area contributed by atoms with Crippen LogP contribution in [0.4, 0.5) is 34.1 Å². The van der Waals surface area contributed by atoms with Crippen molar-refractivity contribution in [3.05, 3.63) is 72.8 Å². The molecule has 0 aliphatic rings. The van der Waals surface area contributed by atoms with Gasteiger partial charge in [0.2, 0.25) is 0 Å². The van der Waals surface area contributed by atoms with Gasteiger partial charge in [-0.1, -0.05) is 18.2 Å². The minimum atomic E-state index is -4.99. The molecular weight excluding hydrogens is 1100 g/mol. The molecule has 0 aliphatic carbocycles. The van der Waals surface area contributed by atoms with Gasteiger partial charge in [-0.25, -0.2) is 50.5 Å². The molecule has 0 unspecified atom stereocenters. The molecule has 6 aromatic rings. The summed E-state index contributed by atoms with van der Waals surface area (Å²) >= 11 is 0. The van der Waals surface area contributed by atoms with Crippen LogP contribution in [0.15, 0.2) is 102 Å². The summed E-state index contributed by atoms with van der Waals surface area (Å²) in [5.74, 6) is 0. The van der Waals surface area contributed by atoms with Crippen molar-refractivity contribution in [1.29, 1.82) is 0 Å². The zero-order valence-electron chi connectivity index (χ0n) is 32.5. The second-order valence-corrected chi connectivity index (χ2v) is 20.2. The van der Waals surface area contributed by atoms with Gasteiger partial charge in [-0.3, -0.25) is 0 Å². The second kappa shape index (κ2) is 23.1. The number of fused-ring (bicyclic) bond motifs is 3. The molecule has 0 aliphatic heterocycles. The Morgan fingerprint density at radius 3 is 0.641 bits per heavy atom. The SMILES string of the molecule is Nc1ccc2c(S(=O)(=O)[O-])cc(S(=O)(=O)[O-])cc2c1N.Nc1ccc2c(S(=O)(=O)[O-])cc(S(=O)(=O)[O-])cc2c1N.Nc1ccc2c(S(=O)(=O)[O-])cc(S(=O)(=O)[O-])cc2c1N.[Fe+3].[K+].[K+].[K+]. The molecule has 12 N–H and O–H groups in total. The molecule has 0 fully saturated rings. The van der Waals surface area contributed by atoms with Gasteiger partial charge in [0.15, 0.2) is 0 Å². The Bertz CT molecular complexity index is 3150. The first-order valence-electron chi connectivity index (χ1n) is 15.2. The van der Waals surface area contributed by atoms with Crippen LogP contribution in [0.5, 0.6) is 0 Å². The van der Waals surface area contributed by atoms with Gasteiger partial charge in [0.05, 0.1) is 63.5 Å². The Morgan fingerprint density at radius 1 is 0.297 bits per heavy atom. The number of hydrogen-bond acceptors (Lipinski definition) is 24. The molecule has 0 aromatic heterocycles. The second-order valence-electron chi connectivity index (χ2n) is 12.0. The third-order valence-corrected chi connectivity index (χ3v) is 13.2. The summed E-state index contributed by atoms with van der Waals surface area (Å²) in [4.78, 5) is -5.10. The summed E-state index contributed by atoms with van der Waals surface area (Å²) in [6, 6.07) is 11.7. The molecule has 0 saturated heterocycles. The van der Waals surface area contributed by atoms with E-state index in [9.17, 15) is 77.8 Å². The maximum Gasteiger partial charge on any atom is 3.00 e. The maximum atomic E-state index is 11.2. The van der Waals surface area contributed by atoms with E-state index >= 15 is 0 Å². The average Bonchev–Trinajstić information content (AvgIpc) is 3.10. The average molecular weight is 1120 g/mol. The molecule has 64 heavy (non-hydrogen) atoms. The first-order chi connectivity index (χ1) is 27.0. The van der Waals surface area contributed by atoms with Crippen molar-refractivity contribution in [2.45, 2.75) is 29.4 Å². The molecule has 0 amide bonds. The minimum absolute atomic E-state index is 0. The van der Waals surface area contributed by atoms with E-state index in [1.54, 1.807) is 0 Å². The van der Waals surface area contributed by atoms with Gasteiger partial charge in [-0.2, -0.15) is 0 Å². The van der Waals surface area contributed by atoms with Crippen molar-refractivity contribution in [2.24, 2.45) is 0 Å². The molecule has 6 rings (SSSR count). The first-order valence-corrected chi connectivity index (χ1v) is 23.6. The first kappa shape index (κ1) is 63.8. The van der Waals surface area contributed by atoms with Crippen molar-refractivity contribution < 1.29 is 249 Å². The van der Waals surface area contributed by atoms with Gasteiger partial charge in [0, 0.05) is 32.3 Å². The van der Waals surface area contributed by atoms with Crippen LogP contribution in [-0.4, -0.2) is 77.8 Å². The van der Waals surface area contributed by atoms with E-state index in [0.717, 1.165) is 18.2 Å². The largest absolute Gasteiger partial charge is 3.00 e. The van der Waals surface area contributed by atoms with Gasteiger partial charge < -0.3 is 61.7 Å². The number of benzene rings is 6. The van der Waals surface area contributed by atoms with Crippen molar-refractivity contribution >= 4 is 127 Å². The Labute approximate surface area is 503 Å². The van der Waals surface area contributed by atoms with Crippen molar-refractivity contribution in [3.8, 4) is 0 Å². The fourth-order valence-electron chi connectivity index (χ4n) is 5.30. The molecule has 0 saturated carbocycles. The molecule has 329 valence electrons. The Kier molecular flexibility index (Phi) is 23.1. The molecule has 1 radical (unpaired) electrons. The summed E-state index contributed by atoms with van der Waals surface area (Å²) in [6.07, 6.45) is 0. The fraction of sp³-hybridized carbons (Fsp3) is 0. The third kappa shape index (κ3) is 15.1. The van der Waals surface area contributed by atoms with Crippen molar-refractivity contribution in [1.82, 2.24) is 0 Å². The summed E-state index contributed by atoms with van der Waals surface area (Å²) in [6.45, 7) is 0. The topological polar surface area (TPSA) is 499 Å². The van der Waals surface area contributed by atoms with Crippen LogP contribution in [0.3, 0.4) is 0 Å². The monoisotopic (exact) mass is 1120 g/mol. The van der Waals surface area contributed by atoms with E-state index in [1.807, 2.05) is 0 Å². The summed E-state index contributed by atoms with van der Waals surface area (Å²) < 4.78 is 200. The van der Waals surface area contributed by atoms with Crippen LogP contribution in [0.25, 0.3) is 32.3 Å². The molecule has 0 spiro atoms. The summed E-state index contributed by atoms with van der Waals surface area (Å²) in [7, 11) is -29.8. The van der Waals surface area contributed by atoms with Gasteiger partial charge >= 0.3 is 171 Å². The van der Waals surface area contributed by atoms with E-state index in [4.69, 9.17) is 34.4 Å². The number of nitrogen functional groups attached to an aromatic ring is 6. The van der Waals surface area contributed by atoms with Crippen LogP contribution in [-0.2, 0) is 77.8 Å². The Balaban J connectivity index is 0.000000902. The summed E-state index contributed by atoms with van der Waals surface area (Å²) in [5, 5.41) is -0.554. The van der Waals surface area contributed by atoms with Gasteiger partial charge in [-0.05, 0) is 54.6 Å². The van der Waals surface area contributed by atoms with E-state index < -0.39 is 90.1 Å². The van der Waals surface area contributed by atoms with E-state index in [0.29, 0.717) is 18.2 Å². The standard InChI is InChI=1S/3C10H10N2O6S2.Fe.3K/c3*11-8-2-1-6-7(10(8)12)3-5(19(13,14)15)4-9(6)20(16,17)18;;;;/h3*1-4H,11-12H2,(H,13,14,15)(H,16,17,18);;;;/q;;;+3;3*+1/p-6. The molecule has 0 atom stereocenters. The van der Waals surface area contributed by atoms with Crippen LogP contribution >= 0.6 is 0 Å². The quantitative estimate of drug-likeness (QED) is 0.0512. The van der Waals surface area contributed by atoms with Gasteiger partial charge in [0.25, 0.3) is 0 Å². The van der Waals surface area contributed by atoms with Crippen LogP contribution in [0, 0.1) is 0 Å². The zero-order chi connectivity index (χ0) is 45.9. The number of hydrogen-bond donors (Lipinski definition) is 6. The van der Waals surface area contributed by atoms with Crippen LogP contribution in [0.1, 0.15) is 0 Å². The Morgan fingerprint density at radius 2 is 0.484 bits per heavy atom. The molecule has 34 heteroatoms. The summed E-state index contributed by atoms with van der Waals surface area (Å²) in [5.41, 5.74) is 33.3. The molecule has 0 bridgehead atoms. The number of rotatable bonds is 6. The predicted octanol–water partition coefficient (Wildman–Crippen LogP) is -9.55. The predicted molar refractivity (Wildman–Crippen MR) is 206 cm³/mol. The van der Waals surface area contributed by atoms with E-state index in [2.05, 4.69) is 0 Å². The molecule has 0 heterocycles. The molecule has 24 nitrogen and oxygen atoms in total. The van der Waals surface area contributed by atoms with Crippen molar-refractivity contribution in [3.63, 3.8) is 0 Å². The Hall–Kier alpha value is -0.211. The van der Waals surface area contributed by atoms with E-state index in [-0.39, 0.29) is 238 Å².